The van der Waals surface area contributed by atoms with E-state index >= 15 is 0 Å². The van der Waals surface area contributed by atoms with Gasteiger partial charge in [-0.2, -0.15) is 0 Å². The summed E-state index contributed by atoms with van der Waals surface area (Å²) in [5.74, 6) is 0.612. The lowest BCUT2D eigenvalue weighted by molar-refractivity contribution is -0.120. The average molecular weight is 320 g/mol. The Bertz CT molecular complexity index is 611. The second-order valence-corrected chi connectivity index (χ2v) is 5.33. The first kappa shape index (κ1) is 16.3. The number of amides is 1. The number of nitrogens with one attached hydrogen (secondary N) is 1. The Morgan fingerprint density at radius 1 is 1.18 bits per heavy atom. The van der Waals surface area contributed by atoms with E-state index in [2.05, 4.69) is 5.32 Å². The van der Waals surface area contributed by atoms with E-state index in [0.717, 1.165) is 11.3 Å². The van der Waals surface area contributed by atoms with Crippen LogP contribution >= 0.6 is 11.6 Å². The number of aliphatic hydroxyl groups is 1. The molecule has 1 amide bonds. The summed E-state index contributed by atoms with van der Waals surface area (Å²) in [6, 6.07) is 14.2. The van der Waals surface area contributed by atoms with Crippen LogP contribution in [0.1, 0.15) is 17.2 Å². The van der Waals surface area contributed by atoms with E-state index in [9.17, 15) is 9.90 Å². The van der Waals surface area contributed by atoms with Gasteiger partial charge in [-0.15, -0.1) is 0 Å². The van der Waals surface area contributed by atoms with Crippen molar-refractivity contribution in [2.24, 2.45) is 0 Å². The minimum atomic E-state index is -0.753. The van der Waals surface area contributed by atoms with Gasteiger partial charge in [0.15, 0.2) is 0 Å². The van der Waals surface area contributed by atoms with E-state index in [1.165, 1.54) is 0 Å². The van der Waals surface area contributed by atoms with Gasteiger partial charge in [0.2, 0.25) is 5.91 Å². The van der Waals surface area contributed by atoms with Gasteiger partial charge in [0.05, 0.1) is 19.6 Å². The van der Waals surface area contributed by atoms with Crippen molar-refractivity contribution >= 4 is 17.5 Å². The number of benzene rings is 2. The van der Waals surface area contributed by atoms with E-state index in [1.807, 2.05) is 24.3 Å². The van der Waals surface area contributed by atoms with Crippen LogP contribution in [0.4, 0.5) is 0 Å². The predicted molar refractivity (Wildman–Crippen MR) is 86.1 cm³/mol. The van der Waals surface area contributed by atoms with Gasteiger partial charge in [0.25, 0.3) is 0 Å². The number of methoxy groups -OCH3 is 1. The second kappa shape index (κ2) is 7.82. The van der Waals surface area contributed by atoms with Crippen LogP contribution in [0.5, 0.6) is 5.75 Å². The summed E-state index contributed by atoms with van der Waals surface area (Å²) in [5.41, 5.74) is 1.61. The third-order valence-corrected chi connectivity index (χ3v) is 3.52. The number of rotatable bonds is 6. The van der Waals surface area contributed by atoms with Gasteiger partial charge in [-0.3, -0.25) is 4.79 Å². The van der Waals surface area contributed by atoms with Crippen LogP contribution in [0.2, 0.25) is 5.02 Å². The molecule has 0 aliphatic heterocycles. The van der Waals surface area contributed by atoms with Crippen LogP contribution in [-0.4, -0.2) is 24.7 Å². The molecule has 0 saturated carbocycles. The fourth-order valence-corrected chi connectivity index (χ4v) is 2.13. The zero-order valence-electron chi connectivity index (χ0n) is 12.3. The maximum atomic E-state index is 11.9. The minimum absolute atomic E-state index is 0.141. The molecule has 4 nitrogen and oxygen atoms in total. The molecule has 0 aromatic heterocycles. The molecule has 116 valence electrons. The molecule has 1 atom stereocenters. The first-order valence-electron chi connectivity index (χ1n) is 6.91. The Hall–Kier alpha value is -2.04. The Balaban J connectivity index is 1.82. The van der Waals surface area contributed by atoms with Crippen molar-refractivity contribution in [3.63, 3.8) is 0 Å². The Kier molecular flexibility index (Phi) is 5.81. The summed E-state index contributed by atoms with van der Waals surface area (Å²) in [7, 11) is 1.60. The molecule has 2 N–H and O–H groups in total. The smallest absolute Gasteiger partial charge is 0.224 e. The van der Waals surface area contributed by atoms with Crippen molar-refractivity contribution in [2.45, 2.75) is 12.5 Å². The molecule has 0 aliphatic rings. The van der Waals surface area contributed by atoms with Gasteiger partial charge in [-0.1, -0.05) is 35.9 Å². The molecule has 0 radical (unpaired) electrons. The summed E-state index contributed by atoms with van der Waals surface area (Å²) in [4.78, 5) is 11.9. The standard InChI is InChI=1S/C17H18ClNO3/c1-22-15-8-2-12(3-9-15)10-17(21)19-11-16(20)13-4-6-14(18)7-5-13/h2-9,16,20H,10-11H2,1H3,(H,19,21)/t16-/m0/s1. The molecule has 0 bridgehead atoms. The van der Waals surface area contributed by atoms with Crippen molar-refractivity contribution in [3.8, 4) is 5.75 Å². The largest absolute Gasteiger partial charge is 0.497 e. The average Bonchev–Trinajstić information content (AvgIpc) is 2.54. The third kappa shape index (κ3) is 4.76. The van der Waals surface area contributed by atoms with Crippen LogP contribution in [-0.2, 0) is 11.2 Å². The summed E-state index contributed by atoms with van der Waals surface area (Å²) in [6.45, 7) is 0.163. The second-order valence-electron chi connectivity index (χ2n) is 4.90. The van der Waals surface area contributed by atoms with E-state index in [4.69, 9.17) is 16.3 Å². The van der Waals surface area contributed by atoms with Crippen LogP contribution in [0.25, 0.3) is 0 Å². The van der Waals surface area contributed by atoms with Gasteiger partial charge in [-0.25, -0.2) is 0 Å². The molecular formula is C17H18ClNO3. The van der Waals surface area contributed by atoms with Crippen LogP contribution in [0, 0.1) is 0 Å². The summed E-state index contributed by atoms with van der Waals surface area (Å²) in [5, 5.41) is 13.4. The molecule has 0 unspecified atom stereocenters. The number of halogens is 1. The Morgan fingerprint density at radius 3 is 2.41 bits per heavy atom. The normalized spacial score (nSPS) is 11.8. The molecule has 0 heterocycles. The van der Waals surface area contributed by atoms with Gasteiger partial charge < -0.3 is 15.2 Å². The molecule has 2 aromatic carbocycles. The Morgan fingerprint density at radius 2 is 1.82 bits per heavy atom. The molecule has 22 heavy (non-hydrogen) atoms. The Labute approximate surface area is 134 Å². The van der Waals surface area contributed by atoms with Crippen LogP contribution in [0.15, 0.2) is 48.5 Å². The van der Waals surface area contributed by atoms with Gasteiger partial charge in [0, 0.05) is 11.6 Å². The van der Waals surface area contributed by atoms with Crippen molar-refractivity contribution in [2.75, 3.05) is 13.7 Å². The number of hydrogen-bond donors (Lipinski definition) is 2. The number of ether oxygens (including phenoxy) is 1. The lowest BCUT2D eigenvalue weighted by Gasteiger charge is -2.12. The van der Waals surface area contributed by atoms with E-state index in [-0.39, 0.29) is 18.9 Å². The zero-order valence-corrected chi connectivity index (χ0v) is 13.0. The first-order valence-corrected chi connectivity index (χ1v) is 7.29. The molecule has 5 heteroatoms. The maximum Gasteiger partial charge on any atom is 0.224 e. The number of carbonyl (C=O) groups excluding carboxylic acids is 1. The highest BCUT2D eigenvalue weighted by Crippen LogP contribution is 2.16. The molecule has 0 saturated heterocycles. The monoisotopic (exact) mass is 319 g/mol. The molecule has 0 spiro atoms. The van der Waals surface area contributed by atoms with Gasteiger partial charge in [0.1, 0.15) is 5.75 Å². The van der Waals surface area contributed by atoms with Crippen molar-refractivity contribution < 1.29 is 14.6 Å². The minimum Gasteiger partial charge on any atom is -0.497 e. The van der Waals surface area contributed by atoms with Crippen molar-refractivity contribution in [3.05, 3.63) is 64.7 Å². The fraction of sp³-hybridized carbons (Fsp3) is 0.235. The number of aliphatic hydroxyl groups excluding tert-OH is 1. The highest BCUT2D eigenvalue weighted by molar-refractivity contribution is 6.30. The van der Waals surface area contributed by atoms with E-state index in [1.54, 1.807) is 31.4 Å². The van der Waals surface area contributed by atoms with E-state index in [0.29, 0.717) is 10.6 Å². The lowest BCUT2D eigenvalue weighted by atomic mass is 10.1. The predicted octanol–water partition coefficient (Wildman–Crippen LogP) is 2.74. The highest BCUT2D eigenvalue weighted by atomic mass is 35.5. The van der Waals surface area contributed by atoms with Crippen molar-refractivity contribution in [1.29, 1.82) is 0 Å². The molecule has 2 rings (SSSR count). The maximum absolute atomic E-state index is 11.9. The third-order valence-electron chi connectivity index (χ3n) is 3.27. The fourth-order valence-electron chi connectivity index (χ4n) is 2.00. The van der Waals surface area contributed by atoms with Crippen molar-refractivity contribution in [1.82, 2.24) is 5.32 Å². The summed E-state index contributed by atoms with van der Waals surface area (Å²) in [6.07, 6.45) is -0.491. The number of hydrogen-bond acceptors (Lipinski definition) is 3. The van der Waals surface area contributed by atoms with Gasteiger partial charge >= 0.3 is 0 Å². The molecule has 2 aromatic rings. The quantitative estimate of drug-likeness (QED) is 0.860. The number of carbonyl (C=O) groups is 1. The highest BCUT2D eigenvalue weighted by Gasteiger charge is 2.10. The lowest BCUT2D eigenvalue weighted by Crippen LogP contribution is -2.29. The SMILES string of the molecule is COc1ccc(CC(=O)NC[C@H](O)c2ccc(Cl)cc2)cc1. The van der Waals surface area contributed by atoms with Crippen LogP contribution in [0.3, 0.4) is 0 Å². The first-order chi connectivity index (χ1) is 10.6. The molecule has 0 fully saturated rings. The van der Waals surface area contributed by atoms with Crippen LogP contribution < -0.4 is 10.1 Å². The van der Waals surface area contributed by atoms with Gasteiger partial charge in [-0.05, 0) is 35.4 Å². The van der Waals surface area contributed by atoms with E-state index < -0.39 is 6.10 Å². The molecule has 0 aliphatic carbocycles. The molecular weight excluding hydrogens is 302 g/mol. The zero-order chi connectivity index (χ0) is 15.9. The summed E-state index contributed by atoms with van der Waals surface area (Å²) >= 11 is 5.80. The topological polar surface area (TPSA) is 58.6 Å². The summed E-state index contributed by atoms with van der Waals surface area (Å²) < 4.78 is 5.07.